The molecule has 0 radical (unpaired) electrons. The van der Waals surface area contributed by atoms with Crippen LogP contribution in [0.3, 0.4) is 0 Å². The summed E-state index contributed by atoms with van der Waals surface area (Å²) < 4.78 is 5.28. The Morgan fingerprint density at radius 3 is 2.22 bits per heavy atom. The van der Waals surface area contributed by atoms with Gasteiger partial charge in [-0.05, 0) is 53.8 Å². The monoisotopic (exact) mass is 259 g/mol. The topological polar surface area (TPSA) is 58.8 Å². The quantitative estimate of drug-likeness (QED) is 0.704. The van der Waals surface area contributed by atoms with E-state index in [2.05, 4.69) is 11.9 Å². The number of likely N-dealkylation sites (N-methyl/N-ethyl adjacent to an activating group) is 2. The van der Waals surface area contributed by atoms with Crippen molar-refractivity contribution in [3.8, 4) is 0 Å². The first-order valence-corrected chi connectivity index (χ1v) is 6.59. The minimum atomic E-state index is -0.432. The van der Waals surface area contributed by atoms with Crippen LogP contribution < -0.4 is 5.73 Å². The van der Waals surface area contributed by atoms with E-state index in [9.17, 15) is 4.79 Å². The lowest BCUT2D eigenvalue weighted by atomic mass is 10.2. The summed E-state index contributed by atoms with van der Waals surface area (Å²) in [4.78, 5) is 15.5. The summed E-state index contributed by atoms with van der Waals surface area (Å²) in [7, 11) is 3.82. The Balaban J connectivity index is 3.81. The molecular weight excluding hydrogens is 230 g/mol. The van der Waals surface area contributed by atoms with Crippen LogP contribution in [0.5, 0.6) is 0 Å². The standard InChI is InChI=1S/C13H29N3O2/c1-13(2,3)18-12(17)16(5)11-10-15(4)9-7-6-8-14/h6-11,14H2,1-5H3. The zero-order chi connectivity index (χ0) is 14.2. The zero-order valence-corrected chi connectivity index (χ0v) is 12.5. The van der Waals surface area contributed by atoms with Gasteiger partial charge in [-0.1, -0.05) is 0 Å². The molecule has 0 saturated carbocycles. The molecule has 0 aromatic carbocycles. The molecule has 0 rings (SSSR count). The molecule has 18 heavy (non-hydrogen) atoms. The van der Waals surface area contributed by atoms with Crippen LogP contribution >= 0.6 is 0 Å². The van der Waals surface area contributed by atoms with Gasteiger partial charge in [0.15, 0.2) is 0 Å². The van der Waals surface area contributed by atoms with Crippen molar-refractivity contribution in [3.05, 3.63) is 0 Å². The van der Waals surface area contributed by atoms with Gasteiger partial charge in [-0.3, -0.25) is 0 Å². The van der Waals surface area contributed by atoms with Gasteiger partial charge in [0.05, 0.1) is 0 Å². The van der Waals surface area contributed by atoms with E-state index in [4.69, 9.17) is 10.5 Å². The van der Waals surface area contributed by atoms with E-state index >= 15 is 0 Å². The number of rotatable bonds is 7. The van der Waals surface area contributed by atoms with Gasteiger partial charge in [-0.15, -0.1) is 0 Å². The Morgan fingerprint density at radius 2 is 1.72 bits per heavy atom. The van der Waals surface area contributed by atoms with Crippen molar-refractivity contribution in [2.45, 2.75) is 39.2 Å². The van der Waals surface area contributed by atoms with Crippen molar-refractivity contribution in [1.29, 1.82) is 0 Å². The van der Waals surface area contributed by atoms with Gasteiger partial charge in [-0.25, -0.2) is 4.79 Å². The van der Waals surface area contributed by atoms with Crippen LogP contribution in [0.25, 0.3) is 0 Å². The molecule has 1 amide bonds. The highest BCUT2D eigenvalue weighted by Gasteiger charge is 2.19. The molecule has 0 saturated heterocycles. The average molecular weight is 259 g/mol. The van der Waals surface area contributed by atoms with Gasteiger partial charge < -0.3 is 20.3 Å². The maximum Gasteiger partial charge on any atom is 0.410 e. The maximum atomic E-state index is 11.7. The van der Waals surface area contributed by atoms with Gasteiger partial charge in [0, 0.05) is 20.1 Å². The summed E-state index contributed by atoms with van der Waals surface area (Å²) in [5, 5.41) is 0. The largest absolute Gasteiger partial charge is 0.444 e. The van der Waals surface area contributed by atoms with Crippen molar-refractivity contribution in [1.82, 2.24) is 9.80 Å². The Labute approximate surface area is 111 Å². The number of unbranched alkanes of at least 4 members (excludes halogenated alkanes) is 1. The van der Waals surface area contributed by atoms with Crippen LogP contribution in [0.1, 0.15) is 33.6 Å². The predicted molar refractivity (Wildman–Crippen MR) is 74.6 cm³/mol. The molecule has 108 valence electrons. The smallest absolute Gasteiger partial charge is 0.410 e. The highest BCUT2D eigenvalue weighted by Crippen LogP contribution is 2.08. The summed E-state index contributed by atoms with van der Waals surface area (Å²) in [6, 6.07) is 0. The minimum Gasteiger partial charge on any atom is -0.444 e. The number of hydrogen-bond acceptors (Lipinski definition) is 4. The molecule has 0 atom stereocenters. The molecule has 0 heterocycles. The Kier molecular flexibility index (Phi) is 7.95. The summed E-state index contributed by atoms with van der Waals surface area (Å²) in [5.74, 6) is 0. The molecule has 0 fully saturated rings. The molecule has 0 aromatic rings. The number of ether oxygens (including phenoxy) is 1. The summed E-state index contributed by atoms with van der Waals surface area (Å²) in [6.07, 6.45) is 1.88. The molecule has 0 aliphatic rings. The van der Waals surface area contributed by atoms with Crippen molar-refractivity contribution in [2.24, 2.45) is 5.73 Å². The van der Waals surface area contributed by atoms with Crippen LogP contribution in [0.2, 0.25) is 0 Å². The van der Waals surface area contributed by atoms with Gasteiger partial charge in [0.25, 0.3) is 0 Å². The zero-order valence-electron chi connectivity index (χ0n) is 12.5. The fourth-order valence-electron chi connectivity index (χ4n) is 1.39. The summed E-state index contributed by atoms with van der Waals surface area (Å²) in [6.45, 7) is 8.90. The van der Waals surface area contributed by atoms with E-state index < -0.39 is 5.60 Å². The van der Waals surface area contributed by atoms with Gasteiger partial charge in [-0.2, -0.15) is 0 Å². The van der Waals surface area contributed by atoms with Gasteiger partial charge in [0.2, 0.25) is 0 Å². The third kappa shape index (κ3) is 9.24. The van der Waals surface area contributed by atoms with Crippen molar-refractivity contribution in [2.75, 3.05) is 40.3 Å². The van der Waals surface area contributed by atoms with Crippen molar-refractivity contribution in [3.63, 3.8) is 0 Å². The molecule has 0 aromatic heterocycles. The summed E-state index contributed by atoms with van der Waals surface area (Å²) >= 11 is 0. The first-order chi connectivity index (χ1) is 8.26. The Bertz CT molecular complexity index is 239. The normalized spacial score (nSPS) is 11.7. The number of carbonyl (C=O) groups is 1. The minimum absolute atomic E-state index is 0.266. The number of amides is 1. The average Bonchev–Trinajstić information content (AvgIpc) is 2.23. The first-order valence-electron chi connectivity index (χ1n) is 6.59. The molecule has 5 nitrogen and oxygen atoms in total. The third-order valence-corrected chi connectivity index (χ3v) is 2.52. The highest BCUT2D eigenvalue weighted by molar-refractivity contribution is 5.67. The fourth-order valence-corrected chi connectivity index (χ4v) is 1.39. The number of nitrogens with two attached hydrogens (primary N) is 1. The van der Waals surface area contributed by atoms with E-state index in [1.807, 2.05) is 20.8 Å². The van der Waals surface area contributed by atoms with Crippen molar-refractivity contribution >= 4 is 6.09 Å². The van der Waals surface area contributed by atoms with Crippen molar-refractivity contribution < 1.29 is 9.53 Å². The third-order valence-electron chi connectivity index (χ3n) is 2.52. The van der Waals surface area contributed by atoms with E-state index in [-0.39, 0.29) is 6.09 Å². The molecule has 5 heteroatoms. The lowest BCUT2D eigenvalue weighted by Gasteiger charge is -2.26. The Morgan fingerprint density at radius 1 is 1.11 bits per heavy atom. The van der Waals surface area contributed by atoms with Crippen LogP contribution in [0.15, 0.2) is 0 Å². The van der Waals surface area contributed by atoms with Crippen LogP contribution in [0.4, 0.5) is 4.79 Å². The maximum absolute atomic E-state index is 11.7. The van der Waals surface area contributed by atoms with Gasteiger partial charge in [0.1, 0.15) is 5.60 Å². The molecule has 0 aliphatic carbocycles. The second-order valence-electron chi connectivity index (χ2n) is 5.70. The lowest BCUT2D eigenvalue weighted by Crippen LogP contribution is -2.38. The molecule has 0 spiro atoms. The second-order valence-corrected chi connectivity index (χ2v) is 5.70. The molecule has 0 bridgehead atoms. The predicted octanol–water partition coefficient (Wildman–Crippen LogP) is 1.52. The van der Waals surface area contributed by atoms with E-state index in [1.54, 1.807) is 11.9 Å². The number of nitrogens with zero attached hydrogens (tertiary/aromatic N) is 2. The van der Waals surface area contributed by atoms with E-state index in [0.29, 0.717) is 6.54 Å². The van der Waals surface area contributed by atoms with E-state index in [1.165, 1.54) is 0 Å². The molecule has 2 N–H and O–H groups in total. The first kappa shape index (κ1) is 17.2. The second kappa shape index (κ2) is 8.32. The van der Waals surface area contributed by atoms with Gasteiger partial charge >= 0.3 is 6.09 Å². The Hall–Kier alpha value is -0.810. The fraction of sp³-hybridized carbons (Fsp3) is 0.923. The van der Waals surface area contributed by atoms with Crippen LogP contribution in [-0.4, -0.2) is 61.8 Å². The molecular formula is C13H29N3O2. The number of carbonyl (C=O) groups excluding carboxylic acids is 1. The lowest BCUT2D eigenvalue weighted by molar-refractivity contribution is 0.0287. The SMILES string of the molecule is CN(CCCCN)CCN(C)C(=O)OC(C)(C)C. The van der Waals surface area contributed by atoms with Crippen LogP contribution in [0, 0.1) is 0 Å². The highest BCUT2D eigenvalue weighted by atomic mass is 16.6. The van der Waals surface area contributed by atoms with Crippen LogP contribution in [-0.2, 0) is 4.74 Å². The van der Waals surface area contributed by atoms with E-state index in [0.717, 1.165) is 32.5 Å². The molecule has 0 unspecified atom stereocenters. The molecule has 0 aliphatic heterocycles. The summed E-state index contributed by atoms with van der Waals surface area (Å²) in [5.41, 5.74) is 5.02. The number of hydrogen-bond donors (Lipinski definition) is 1.